The van der Waals surface area contributed by atoms with Crippen LogP contribution in [0.5, 0.6) is 5.75 Å². The zero-order chi connectivity index (χ0) is 10.1. The Hall–Kier alpha value is -1.02. The number of para-hydroxylation sites is 1. The van der Waals surface area contributed by atoms with Crippen molar-refractivity contribution < 1.29 is 9.47 Å². The van der Waals surface area contributed by atoms with Crippen LogP contribution in [0.15, 0.2) is 24.3 Å². The molecular formula is C12H17O2. The molecule has 0 unspecified atom stereocenters. The molecule has 0 saturated heterocycles. The van der Waals surface area contributed by atoms with Crippen molar-refractivity contribution in [1.82, 2.24) is 0 Å². The van der Waals surface area contributed by atoms with Crippen LogP contribution < -0.4 is 4.74 Å². The van der Waals surface area contributed by atoms with Gasteiger partial charge in [-0.05, 0) is 12.5 Å². The second kappa shape index (κ2) is 7.39. The Balaban J connectivity index is 1.99. The molecular weight excluding hydrogens is 176 g/mol. The van der Waals surface area contributed by atoms with Gasteiger partial charge in [0.15, 0.2) is 0 Å². The lowest BCUT2D eigenvalue weighted by atomic mass is 10.3. The number of benzene rings is 1. The highest BCUT2D eigenvalue weighted by molar-refractivity contribution is 5.19. The molecule has 1 rings (SSSR count). The van der Waals surface area contributed by atoms with Crippen molar-refractivity contribution in [3.05, 3.63) is 30.3 Å². The van der Waals surface area contributed by atoms with Crippen LogP contribution in [-0.4, -0.2) is 19.8 Å². The van der Waals surface area contributed by atoms with Gasteiger partial charge in [0.25, 0.3) is 0 Å². The average Bonchev–Trinajstić information content (AvgIpc) is 2.25. The summed E-state index contributed by atoms with van der Waals surface area (Å²) >= 11 is 0. The van der Waals surface area contributed by atoms with Gasteiger partial charge in [0.2, 0.25) is 0 Å². The van der Waals surface area contributed by atoms with Gasteiger partial charge in [-0.3, -0.25) is 0 Å². The Morgan fingerprint density at radius 3 is 2.86 bits per heavy atom. The normalized spacial score (nSPS) is 10.1. The van der Waals surface area contributed by atoms with E-state index in [2.05, 4.69) is 13.0 Å². The zero-order valence-electron chi connectivity index (χ0n) is 8.66. The maximum absolute atomic E-state index is 5.41. The fraction of sp³-hybridized carbons (Fsp3) is 0.500. The molecule has 2 nitrogen and oxygen atoms in total. The average molecular weight is 193 g/mol. The maximum atomic E-state index is 5.41. The predicted octanol–water partition coefficient (Wildman–Crippen LogP) is 2.68. The molecule has 77 valence electrons. The van der Waals surface area contributed by atoms with E-state index in [0.717, 1.165) is 18.8 Å². The molecule has 14 heavy (non-hydrogen) atoms. The van der Waals surface area contributed by atoms with Gasteiger partial charge in [-0.2, -0.15) is 0 Å². The number of ether oxygens (including phenoxy) is 2. The molecule has 0 amide bonds. The summed E-state index contributed by atoms with van der Waals surface area (Å²) in [6, 6.07) is 10.6. The van der Waals surface area contributed by atoms with E-state index in [1.54, 1.807) is 0 Å². The SMILES string of the molecule is CCCCOCCOc1[c]cccc1. The topological polar surface area (TPSA) is 18.5 Å². The molecule has 0 aliphatic heterocycles. The van der Waals surface area contributed by atoms with E-state index in [4.69, 9.17) is 9.47 Å². The van der Waals surface area contributed by atoms with E-state index in [-0.39, 0.29) is 0 Å². The summed E-state index contributed by atoms with van der Waals surface area (Å²) in [7, 11) is 0. The Bertz CT molecular complexity index is 221. The summed E-state index contributed by atoms with van der Waals surface area (Å²) in [6.45, 7) is 4.24. The second-order valence-corrected chi connectivity index (χ2v) is 3.04. The molecule has 0 spiro atoms. The van der Waals surface area contributed by atoms with Gasteiger partial charge in [-0.25, -0.2) is 0 Å². The number of hydrogen-bond donors (Lipinski definition) is 0. The first-order chi connectivity index (χ1) is 6.93. The van der Waals surface area contributed by atoms with Crippen LogP contribution in [0.4, 0.5) is 0 Å². The van der Waals surface area contributed by atoms with Gasteiger partial charge < -0.3 is 9.47 Å². The van der Waals surface area contributed by atoms with Crippen molar-refractivity contribution >= 4 is 0 Å². The molecule has 0 heterocycles. The van der Waals surface area contributed by atoms with Crippen LogP contribution in [0, 0.1) is 6.07 Å². The molecule has 2 heteroatoms. The van der Waals surface area contributed by atoms with E-state index in [1.807, 2.05) is 24.3 Å². The van der Waals surface area contributed by atoms with Crippen LogP contribution in [0.2, 0.25) is 0 Å². The Labute approximate surface area is 85.8 Å². The van der Waals surface area contributed by atoms with Crippen LogP contribution in [0.25, 0.3) is 0 Å². The highest BCUT2D eigenvalue weighted by Gasteiger charge is 1.91. The molecule has 1 radical (unpaired) electrons. The Morgan fingerprint density at radius 2 is 2.14 bits per heavy atom. The van der Waals surface area contributed by atoms with Gasteiger partial charge in [0, 0.05) is 12.7 Å². The van der Waals surface area contributed by atoms with Gasteiger partial charge in [-0.15, -0.1) is 0 Å². The third-order valence-electron chi connectivity index (χ3n) is 1.81. The molecule has 0 bridgehead atoms. The van der Waals surface area contributed by atoms with Crippen molar-refractivity contribution in [3.8, 4) is 5.75 Å². The zero-order valence-corrected chi connectivity index (χ0v) is 8.66. The van der Waals surface area contributed by atoms with Crippen molar-refractivity contribution in [2.24, 2.45) is 0 Å². The largest absolute Gasteiger partial charge is 0.491 e. The van der Waals surface area contributed by atoms with Crippen LogP contribution in [0.3, 0.4) is 0 Å². The Kier molecular flexibility index (Phi) is 5.84. The molecule has 0 fully saturated rings. The van der Waals surface area contributed by atoms with E-state index < -0.39 is 0 Å². The first-order valence-corrected chi connectivity index (χ1v) is 5.10. The van der Waals surface area contributed by atoms with Crippen LogP contribution in [-0.2, 0) is 4.74 Å². The summed E-state index contributed by atoms with van der Waals surface area (Å²) < 4.78 is 10.8. The molecule has 1 aromatic carbocycles. The van der Waals surface area contributed by atoms with Crippen molar-refractivity contribution in [2.75, 3.05) is 19.8 Å². The fourth-order valence-corrected chi connectivity index (χ4v) is 1.03. The highest BCUT2D eigenvalue weighted by atomic mass is 16.5. The van der Waals surface area contributed by atoms with Crippen molar-refractivity contribution in [2.45, 2.75) is 19.8 Å². The quantitative estimate of drug-likeness (QED) is 0.620. The third-order valence-corrected chi connectivity index (χ3v) is 1.81. The predicted molar refractivity (Wildman–Crippen MR) is 56.5 cm³/mol. The van der Waals surface area contributed by atoms with Gasteiger partial charge >= 0.3 is 0 Å². The van der Waals surface area contributed by atoms with Gasteiger partial charge in [0.05, 0.1) is 6.61 Å². The first-order valence-electron chi connectivity index (χ1n) is 5.10. The number of hydrogen-bond acceptors (Lipinski definition) is 2. The van der Waals surface area contributed by atoms with E-state index >= 15 is 0 Å². The second-order valence-electron chi connectivity index (χ2n) is 3.04. The lowest BCUT2D eigenvalue weighted by molar-refractivity contribution is 0.0980. The lowest BCUT2D eigenvalue weighted by Crippen LogP contribution is -2.07. The Morgan fingerprint density at radius 1 is 1.21 bits per heavy atom. The van der Waals surface area contributed by atoms with Crippen molar-refractivity contribution in [1.29, 1.82) is 0 Å². The smallest absolute Gasteiger partial charge is 0.127 e. The molecule has 0 aliphatic rings. The summed E-state index contributed by atoms with van der Waals surface area (Å²) in [5, 5.41) is 0. The number of rotatable bonds is 7. The van der Waals surface area contributed by atoms with Crippen LogP contribution >= 0.6 is 0 Å². The monoisotopic (exact) mass is 193 g/mol. The molecule has 1 aromatic rings. The number of unbranched alkanes of at least 4 members (excludes halogenated alkanes) is 1. The highest BCUT2D eigenvalue weighted by Crippen LogP contribution is 2.06. The first kappa shape index (κ1) is 11.1. The molecule has 0 N–H and O–H groups in total. The summed E-state index contributed by atoms with van der Waals surface area (Å²) in [4.78, 5) is 0. The summed E-state index contributed by atoms with van der Waals surface area (Å²) in [5.41, 5.74) is 0. The van der Waals surface area contributed by atoms with E-state index in [9.17, 15) is 0 Å². The fourth-order valence-electron chi connectivity index (χ4n) is 1.03. The van der Waals surface area contributed by atoms with Gasteiger partial charge in [-0.1, -0.05) is 31.5 Å². The summed E-state index contributed by atoms with van der Waals surface area (Å²) in [6.07, 6.45) is 2.30. The molecule has 0 saturated carbocycles. The molecule has 0 aliphatic carbocycles. The summed E-state index contributed by atoms with van der Waals surface area (Å²) in [5.74, 6) is 0.784. The van der Waals surface area contributed by atoms with Gasteiger partial charge in [0.1, 0.15) is 12.4 Å². The maximum Gasteiger partial charge on any atom is 0.127 e. The molecule has 0 atom stereocenters. The van der Waals surface area contributed by atoms with Crippen molar-refractivity contribution in [3.63, 3.8) is 0 Å². The standard InChI is InChI=1S/C12H17O2/c1-2-3-9-13-10-11-14-12-7-5-4-6-8-12/h4-7H,2-3,9-11H2,1H3. The van der Waals surface area contributed by atoms with Crippen LogP contribution in [0.1, 0.15) is 19.8 Å². The molecule has 0 aromatic heterocycles. The lowest BCUT2D eigenvalue weighted by Gasteiger charge is -2.05. The minimum atomic E-state index is 0.601. The minimum absolute atomic E-state index is 0.601. The minimum Gasteiger partial charge on any atom is -0.491 e. The third kappa shape index (κ3) is 4.87. The van der Waals surface area contributed by atoms with E-state index in [1.165, 1.54) is 6.42 Å². The van der Waals surface area contributed by atoms with E-state index in [0.29, 0.717) is 13.2 Å².